The maximum absolute atomic E-state index is 13.2. The van der Waals surface area contributed by atoms with Crippen LogP contribution in [0, 0.1) is 5.82 Å². The molecule has 1 aromatic heterocycles. The zero-order chi connectivity index (χ0) is 12.4. The second-order valence-corrected chi connectivity index (χ2v) is 4.77. The van der Waals surface area contributed by atoms with Crippen LogP contribution in [0.4, 0.5) is 4.39 Å². The van der Waals surface area contributed by atoms with Gasteiger partial charge < -0.3 is 9.52 Å². The predicted molar refractivity (Wildman–Crippen MR) is 63.9 cm³/mol. The van der Waals surface area contributed by atoms with Crippen molar-refractivity contribution < 1.29 is 18.7 Å². The van der Waals surface area contributed by atoms with Gasteiger partial charge in [-0.05, 0) is 24.0 Å². The van der Waals surface area contributed by atoms with Gasteiger partial charge in [0.2, 0.25) is 0 Å². The first-order valence-electron chi connectivity index (χ1n) is 5.17. The van der Waals surface area contributed by atoms with Crippen molar-refractivity contribution in [1.82, 2.24) is 0 Å². The molecule has 0 bridgehead atoms. The highest BCUT2D eigenvalue weighted by Gasteiger charge is 2.17. The van der Waals surface area contributed by atoms with E-state index in [0.717, 1.165) is 10.6 Å². The van der Waals surface area contributed by atoms with Crippen LogP contribution in [0.5, 0.6) is 0 Å². The van der Waals surface area contributed by atoms with E-state index in [9.17, 15) is 9.18 Å². The topological polar surface area (TPSA) is 50.4 Å². The Kier molecular flexibility index (Phi) is 3.38. The normalized spacial score (nSPS) is 10.9. The summed E-state index contributed by atoms with van der Waals surface area (Å²) >= 11 is 1.46. The van der Waals surface area contributed by atoms with E-state index in [1.165, 1.54) is 30.0 Å². The van der Waals surface area contributed by atoms with E-state index in [1.807, 2.05) is 6.92 Å². The molecule has 5 heteroatoms. The molecule has 0 radical (unpaired) electrons. The maximum Gasteiger partial charge on any atom is 0.311 e. The van der Waals surface area contributed by atoms with E-state index >= 15 is 0 Å². The zero-order valence-corrected chi connectivity index (χ0v) is 10.0. The largest absolute Gasteiger partial charge is 0.481 e. The van der Waals surface area contributed by atoms with Crippen LogP contribution in [0.15, 0.2) is 27.5 Å². The zero-order valence-electron chi connectivity index (χ0n) is 9.20. The molecule has 0 saturated carbocycles. The average Bonchev–Trinajstić information content (AvgIpc) is 2.57. The van der Waals surface area contributed by atoms with Crippen LogP contribution in [0.2, 0.25) is 0 Å². The molecule has 1 N–H and O–H groups in total. The molecule has 2 aromatic rings. The number of carboxylic acid groups (broad SMARTS) is 1. The van der Waals surface area contributed by atoms with E-state index in [4.69, 9.17) is 9.52 Å². The van der Waals surface area contributed by atoms with Gasteiger partial charge >= 0.3 is 5.97 Å². The number of rotatable bonds is 4. The number of halogens is 1. The Labute approximate surface area is 102 Å². The van der Waals surface area contributed by atoms with Gasteiger partial charge in [0, 0.05) is 5.39 Å². The molecular weight excluding hydrogens is 243 g/mol. The van der Waals surface area contributed by atoms with Crippen molar-refractivity contribution in [2.45, 2.75) is 18.2 Å². The third kappa shape index (κ3) is 2.44. The quantitative estimate of drug-likeness (QED) is 0.850. The fourth-order valence-corrected chi connectivity index (χ4v) is 2.53. The summed E-state index contributed by atoms with van der Waals surface area (Å²) in [6.07, 6.45) is -0.182. The number of carboxylic acids is 1. The smallest absolute Gasteiger partial charge is 0.311 e. The Morgan fingerprint density at radius 3 is 2.94 bits per heavy atom. The van der Waals surface area contributed by atoms with Crippen molar-refractivity contribution in [1.29, 1.82) is 0 Å². The molecule has 0 unspecified atom stereocenters. The van der Waals surface area contributed by atoms with E-state index in [-0.39, 0.29) is 12.2 Å². The second-order valence-electron chi connectivity index (χ2n) is 3.50. The molecule has 0 atom stereocenters. The van der Waals surface area contributed by atoms with Crippen molar-refractivity contribution in [2.75, 3.05) is 5.75 Å². The Balaban J connectivity index is 2.58. The Morgan fingerprint density at radius 1 is 1.53 bits per heavy atom. The van der Waals surface area contributed by atoms with E-state index in [2.05, 4.69) is 0 Å². The fourth-order valence-electron chi connectivity index (χ4n) is 1.65. The summed E-state index contributed by atoms with van der Waals surface area (Å²) in [5, 5.41) is 9.44. The Morgan fingerprint density at radius 2 is 2.29 bits per heavy atom. The number of thioether (sulfide) groups is 1. The molecule has 1 aromatic carbocycles. The lowest BCUT2D eigenvalue weighted by molar-refractivity contribution is -0.136. The van der Waals surface area contributed by atoms with Crippen molar-refractivity contribution in [3.63, 3.8) is 0 Å². The molecule has 0 saturated heterocycles. The van der Waals surface area contributed by atoms with Crippen molar-refractivity contribution in [2.24, 2.45) is 0 Å². The van der Waals surface area contributed by atoms with E-state index in [1.54, 1.807) is 0 Å². The van der Waals surface area contributed by atoms with Crippen LogP contribution in [-0.2, 0) is 11.2 Å². The number of furan rings is 1. The number of aliphatic carboxylic acids is 1. The van der Waals surface area contributed by atoms with E-state index in [0.29, 0.717) is 16.7 Å². The maximum atomic E-state index is 13.2. The van der Waals surface area contributed by atoms with Crippen LogP contribution in [0.3, 0.4) is 0 Å². The second kappa shape index (κ2) is 4.79. The van der Waals surface area contributed by atoms with Gasteiger partial charge in [-0.2, -0.15) is 0 Å². The highest BCUT2D eigenvalue weighted by atomic mass is 32.2. The molecule has 0 aliphatic rings. The molecule has 17 heavy (non-hydrogen) atoms. The van der Waals surface area contributed by atoms with Crippen molar-refractivity contribution in [3.8, 4) is 0 Å². The fraction of sp³-hybridized carbons (Fsp3) is 0.250. The summed E-state index contributed by atoms with van der Waals surface area (Å²) in [6, 6.07) is 4.20. The summed E-state index contributed by atoms with van der Waals surface area (Å²) in [5.74, 6) is -0.136. The van der Waals surface area contributed by atoms with Crippen LogP contribution in [0.1, 0.15) is 12.7 Å². The number of carbonyl (C=O) groups is 1. The van der Waals surface area contributed by atoms with Gasteiger partial charge in [0.15, 0.2) is 0 Å². The highest BCUT2D eigenvalue weighted by molar-refractivity contribution is 7.99. The lowest BCUT2D eigenvalue weighted by atomic mass is 10.2. The first kappa shape index (κ1) is 12.0. The standard InChI is InChI=1S/C12H11FO3S/c1-2-17-12-8-5-7(13)3-4-9(8)16-10(12)6-11(14)15/h3-5H,2,6H2,1H3,(H,14,15). The SMILES string of the molecule is CCSc1c(CC(=O)O)oc2ccc(F)cc12. The Hall–Kier alpha value is -1.49. The van der Waals surface area contributed by atoms with Gasteiger partial charge in [-0.3, -0.25) is 4.79 Å². The summed E-state index contributed by atoms with van der Waals surface area (Å²) < 4.78 is 18.6. The van der Waals surface area contributed by atoms with Gasteiger partial charge in [-0.1, -0.05) is 6.92 Å². The van der Waals surface area contributed by atoms with Gasteiger partial charge in [0.1, 0.15) is 23.6 Å². The molecular formula is C12H11FO3S. The first-order chi connectivity index (χ1) is 8.11. The van der Waals surface area contributed by atoms with Gasteiger partial charge in [-0.15, -0.1) is 11.8 Å². The van der Waals surface area contributed by atoms with Gasteiger partial charge in [0.25, 0.3) is 0 Å². The third-order valence-corrected chi connectivity index (χ3v) is 3.30. The molecule has 0 fully saturated rings. The highest BCUT2D eigenvalue weighted by Crippen LogP contribution is 2.34. The molecule has 3 nitrogen and oxygen atoms in total. The third-order valence-electron chi connectivity index (χ3n) is 2.27. The monoisotopic (exact) mass is 254 g/mol. The minimum absolute atomic E-state index is 0.182. The summed E-state index contributed by atoms with van der Waals surface area (Å²) in [6.45, 7) is 1.95. The minimum Gasteiger partial charge on any atom is -0.481 e. The number of benzene rings is 1. The van der Waals surface area contributed by atoms with Crippen LogP contribution in [0.25, 0.3) is 11.0 Å². The number of hydrogen-bond donors (Lipinski definition) is 1. The molecule has 0 aliphatic heterocycles. The van der Waals surface area contributed by atoms with Gasteiger partial charge in [-0.25, -0.2) is 4.39 Å². The van der Waals surface area contributed by atoms with Gasteiger partial charge in [0.05, 0.1) is 4.90 Å². The predicted octanol–water partition coefficient (Wildman–Crippen LogP) is 3.31. The number of hydrogen-bond acceptors (Lipinski definition) is 3. The lowest BCUT2D eigenvalue weighted by Gasteiger charge is -1.98. The lowest BCUT2D eigenvalue weighted by Crippen LogP contribution is -1.99. The van der Waals surface area contributed by atoms with E-state index < -0.39 is 5.97 Å². The minimum atomic E-state index is -0.956. The van der Waals surface area contributed by atoms with Crippen molar-refractivity contribution in [3.05, 3.63) is 29.8 Å². The summed E-state index contributed by atoms with van der Waals surface area (Å²) in [4.78, 5) is 11.5. The molecule has 0 aliphatic carbocycles. The van der Waals surface area contributed by atoms with Crippen LogP contribution < -0.4 is 0 Å². The summed E-state index contributed by atoms with van der Waals surface area (Å²) in [7, 11) is 0. The molecule has 0 amide bonds. The molecule has 0 spiro atoms. The molecule has 2 rings (SSSR count). The first-order valence-corrected chi connectivity index (χ1v) is 6.16. The summed E-state index contributed by atoms with van der Waals surface area (Å²) in [5.41, 5.74) is 0.526. The Bertz CT molecular complexity index is 562. The van der Waals surface area contributed by atoms with Crippen LogP contribution >= 0.6 is 11.8 Å². The average molecular weight is 254 g/mol. The number of fused-ring (bicyclic) bond motifs is 1. The van der Waals surface area contributed by atoms with Crippen molar-refractivity contribution >= 4 is 28.7 Å². The molecule has 1 heterocycles. The van der Waals surface area contributed by atoms with Crippen LogP contribution in [-0.4, -0.2) is 16.8 Å². The molecule has 90 valence electrons.